The molecule has 1 saturated carbocycles. The zero-order valence-electron chi connectivity index (χ0n) is 10.1. The molecule has 0 amide bonds. The minimum Gasteiger partial charge on any atom is -0.491 e. The minimum absolute atomic E-state index is 0.732. The van der Waals surface area contributed by atoms with Crippen LogP contribution in [0, 0.1) is 5.92 Å². The lowest BCUT2D eigenvalue weighted by atomic mass is 10.1. The number of hydrogen-bond donors (Lipinski definition) is 1. The van der Waals surface area contributed by atoms with Gasteiger partial charge in [0.15, 0.2) is 0 Å². The van der Waals surface area contributed by atoms with Gasteiger partial charge in [0, 0.05) is 0 Å². The molecule has 94 valence electrons. The van der Waals surface area contributed by atoms with Crippen molar-refractivity contribution >= 4 is 11.6 Å². The van der Waals surface area contributed by atoms with Crippen LogP contribution in [0.25, 0.3) is 0 Å². The fourth-order valence-corrected chi connectivity index (χ4v) is 2.11. The topological polar surface area (TPSA) is 35.2 Å². The molecule has 0 saturated heterocycles. The normalized spacial score (nSPS) is 14.9. The van der Waals surface area contributed by atoms with Gasteiger partial charge in [0.05, 0.1) is 11.6 Å². The Labute approximate surface area is 108 Å². The molecule has 0 bridgehead atoms. The van der Waals surface area contributed by atoms with Gasteiger partial charge in [0.1, 0.15) is 5.75 Å². The van der Waals surface area contributed by atoms with E-state index in [0.717, 1.165) is 49.1 Å². The van der Waals surface area contributed by atoms with Crippen LogP contribution in [0.15, 0.2) is 18.2 Å². The molecule has 2 nitrogen and oxygen atoms in total. The molecule has 0 heterocycles. The van der Waals surface area contributed by atoms with Gasteiger partial charge in [-0.15, -0.1) is 0 Å². The highest BCUT2D eigenvalue weighted by atomic mass is 35.5. The highest BCUT2D eigenvalue weighted by Crippen LogP contribution is 2.34. The molecular formula is C14H20ClNO. The lowest BCUT2D eigenvalue weighted by Gasteiger charge is -2.12. The Balaban J connectivity index is 1.98. The summed E-state index contributed by atoms with van der Waals surface area (Å²) in [7, 11) is 0. The van der Waals surface area contributed by atoms with Gasteiger partial charge in [-0.05, 0) is 56.2 Å². The maximum absolute atomic E-state index is 6.20. The van der Waals surface area contributed by atoms with Crippen LogP contribution in [0.1, 0.15) is 31.2 Å². The zero-order valence-corrected chi connectivity index (χ0v) is 10.9. The second-order valence-electron chi connectivity index (χ2n) is 4.73. The average molecular weight is 254 g/mol. The quantitative estimate of drug-likeness (QED) is 0.756. The predicted octanol–water partition coefficient (Wildman–Crippen LogP) is 3.41. The molecule has 1 aromatic carbocycles. The van der Waals surface area contributed by atoms with Crippen LogP contribution in [0.5, 0.6) is 5.75 Å². The Hall–Kier alpha value is -0.730. The molecule has 1 aromatic rings. The second-order valence-corrected chi connectivity index (χ2v) is 5.14. The summed E-state index contributed by atoms with van der Waals surface area (Å²) in [5.74, 6) is 1.64. The van der Waals surface area contributed by atoms with E-state index >= 15 is 0 Å². The molecule has 2 N–H and O–H groups in total. The molecule has 0 unspecified atom stereocenters. The standard InChI is InChI=1S/C14H20ClNO/c15-13-6-3-5-12(4-1-2-9-16)14(13)17-10-11-7-8-11/h3,5-6,11H,1-2,4,7-10,16H2. The molecule has 1 aliphatic rings. The Morgan fingerprint density at radius 1 is 1.29 bits per heavy atom. The van der Waals surface area contributed by atoms with E-state index in [1.807, 2.05) is 12.1 Å². The number of aryl methyl sites for hydroxylation is 1. The van der Waals surface area contributed by atoms with E-state index in [4.69, 9.17) is 22.1 Å². The fourth-order valence-electron chi connectivity index (χ4n) is 1.86. The van der Waals surface area contributed by atoms with Crippen molar-refractivity contribution in [3.63, 3.8) is 0 Å². The van der Waals surface area contributed by atoms with Crippen molar-refractivity contribution in [2.24, 2.45) is 11.7 Å². The lowest BCUT2D eigenvalue weighted by molar-refractivity contribution is 0.296. The second kappa shape index (κ2) is 6.27. The number of hydrogen-bond acceptors (Lipinski definition) is 2. The van der Waals surface area contributed by atoms with Crippen molar-refractivity contribution in [2.75, 3.05) is 13.2 Å². The highest BCUT2D eigenvalue weighted by Gasteiger charge is 2.22. The average Bonchev–Trinajstić information content (AvgIpc) is 3.12. The van der Waals surface area contributed by atoms with Crippen LogP contribution in [-0.2, 0) is 6.42 Å². The smallest absolute Gasteiger partial charge is 0.141 e. The number of para-hydroxylation sites is 1. The first-order valence-corrected chi connectivity index (χ1v) is 6.79. The lowest BCUT2D eigenvalue weighted by Crippen LogP contribution is -2.04. The number of rotatable bonds is 7. The number of ether oxygens (including phenoxy) is 1. The highest BCUT2D eigenvalue weighted by molar-refractivity contribution is 6.32. The SMILES string of the molecule is NCCCCc1cccc(Cl)c1OCC1CC1. The Morgan fingerprint density at radius 3 is 2.82 bits per heavy atom. The van der Waals surface area contributed by atoms with Crippen LogP contribution < -0.4 is 10.5 Å². The molecule has 2 rings (SSSR count). The van der Waals surface area contributed by atoms with Crippen molar-refractivity contribution in [3.8, 4) is 5.75 Å². The van der Waals surface area contributed by atoms with Gasteiger partial charge in [-0.1, -0.05) is 23.7 Å². The number of nitrogens with two attached hydrogens (primary N) is 1. The summed E-state index contributed by atoms with van der Waals surface area (Å²) in [5.41, 5.74) is 6.72. The van der Waals surface area contributed by atoms with Crippen LogP contribution in [0.4, 0.5) is 0 Å². The summed E-state index contributed by atoms with van der Waals surface area (Å²) in [6.07, 6.45) is 5.74. The van der Waals surface area contributed by atoms with E-state index in [1.54, 1.807) is 0 Å². The molecule has 0 aliphatic heterocycles. The van der Waals surface area contributed by atoms with Crippen LogP contribution in [0.3, 0.4) is 0 Å². The molecular weight excluding hydrogens is 234 g/mol. The summed E-state index contributed by atoms with van der Waals surface area (Å²) < 4.78 is 5.86. The largest absolute Gasteiger partial charge is 0.491 e. The van der Waals surface area contributed by atoms with E-state index in [9.17, 15) is 0 Å². The van der Waals surface area contributed by atoms with Crippen molar-refractivity contribution in [1.29, 1.82) is 0 Å². The van der Waals surface area contributed by atoms with Crippen molar-refractivity contribution in [2.45, 2.75) is 32.1 Å². The van der Waals surface area contributed by atoms with Crippen molar-refractivity contribution < 1.29 is 4.74 Å². The number of unbranched alkanes of at least 4 members (excludes halogenated alkanes) is 1. The van der Waals surface area contributed by atoms with Crippen molar-refractivity contribution in [3.05, 3.63) is 28.8 Å². The van der Waals surface area contributed by atoms with Gasteiger partial charge in [0.25, 0.3) is 0 Å². The third kappa shape index (κ3) is 3.90. The fraction of sp³-hybridized carbons (Fsp3) is 0.571. The van der Waals surface area contributed by atoms with E-state index in [-0.39, 0.29) is 0 Å². The maximum atomic E-state index is 6.20. The first-order valence-electron chi connectivity index (χ1n) is 6.41. The minimum atomic E-state index is 0.732. The van der Waals surface area contributed by atoms with Crippen LogP contribution in [0.2, 0.25) is 5.02 Å². The van der Waals surface area contributed by atoms with Gasteiger partial charge >= 0.3 is 0 Å². The maximum Gasteiger partial charge on any atom is 0.141 e. The monoisotopic (exact) mass is 253 g/mol. The van der Waals surface area contributed by atoms with Crippen LogP contribution >= 0.6 is 11.6 Å². The summed E-state index contributed by atoms with van der Waals surface area (Å²) >= 11 is 6.20. The van der Waals surface area contributed by atoms with Gasteiger partial charge in [-0.2, -0.15) is 0 Å². The van der Waals surface area contributed by atoms with E-state index in [2.05, 4.69) is 6.07 Å². The molecule has 1 fully saturated rings. The Kier molecular flexibility index (Phi) is 4.69. The Morgan fingerprint density at radius 2 is 2.12 bits per heavy atom. The summed E-state index contributed by atoms with van der Waals surface area (Å²) in [4.78, 5) is 0. The zero-order chi connectivity index (χ0) is 12.1. The molecule has 17 heavy (non-hydrogen) atoms. The van der Waals surface area contributed by atoms with Gasteiger partial charge in [-0.25, -0.2) is 0 Å². The van der Waals surface area contributed by atoms with Gasteiger partial charge < -0.3 is 10.5 Å². The van der Waals surface area contributed by atoms with Gasteiger partial charge in [-0.3, -0.25) is 0 Å². The summed E-state index contributed by atoms with van der Waals surface area (Å²) in [6, 6.07) is 5.99. The third-order valence-electron chi connectivity index (χ3n) is 3.11. The van der Waals surface area contributed by atoms with Crippen LogP contribution in [-0.4, -0.2) is 13.2 Å². The summed E-state index contributed by atoms with van der Waals surface area (Å²) in [5, 5.41) is 0.732. The molecule has 0 radical (unpaired) electrons. The van der Waals surface area contributed by atoms with E-state index in [1.165, 1.54) is 18.4 Å². The third-order valence-corrected chi connectivity index (χ3v) is 3.41. The van der Waals surface area contributed by atoms with Crippen molar-refractivity contribution in [1.82, 2.24) is 0 Å². The first-order chi connectivity index (χ1) is 8.31. The Bertz CT molecular complexity index is 363. The molecule has 0 spiro atoms. The molecule has 3 heteroatoms. The number of halogens is 1. The molecule has 0 aromatic heterocycles. The van der Waals surface area contributed by atoms with Gasteiger partial charge in [0.2, 0.25) is 0 Å². The first kappa shape index (κ1) is 12.7. The van der Waals surface area contributed by atoms with E-state index < -0.39 is 0 Å². The molecule has 1 aliphatic carbocycles. The molecule has 0 atom stereocenters. The number of benzene rings is 1. The van der Waals surface area contributed by atoms with E-state index in [0.29, 0.717) is 0 Å². The predicted molar refractivity (Wildman–Crippen MR) is 71.7 cm³/mol. The summed E-state index contributed by atoms with van der Waals surface area (Å²) in [6.45, 7) is 1.56.